The van der Waals surface area contributed by atoms with Gasteiger partial charge < -0.3 is 4.90 Å². The van der Waals surface area contributed by atoms with Gasteiger partial charge in [-0.2, -0.15) is 0 Å². The van der Waals surface area contributed by atoms with E-state index in [1.807, 2.05) is 0 Å². The largest absolute Gasteiger partial charge is 0.343 e. The van der Waals surface area contributed by atoms with Gasteiger partial charge in [0.2, 0.25) is 5.91 Å². The Kier molecular flexibility index (Phi) is 12.5. The average Bonchev–Trinajstić information content (AvgIpc) is 2.54. The lowest BCUT2D eigenvalue weighted by atomic mass is 10.1. The number of unbranched alkanes of at least 4 members (excludes halogenated alkanes) is 5. The molecule has 0 bridgehead atoms. The first kappa shape index (κ1) is 19.5. The number of amides is 1. The predicted octanol–water partition coefficient (Wildman–Crippen LogP) is 6.09. The highest BCUT2D eigenvalue weighted by atomic mass is 16.2. The fourth-order valence-electron chi connectivity index (χ4n) is 3.42. The molecule has 0 atom stereocenters. The van der Waals surface area contributed by atoms with Crippen LogP contribution >= 0.6 is 0 Å². The molecular weight excluding hydrogens is 270 g/mol. The Labute approximate surface area is 139 Å². The van der Waals surface area contributed by atoms with Crippen LogP contribution in [0.3, 0.4) is 0 Å². The lowest BCUT2D eigenvalue weighted by Crippen LogP contribution is -2.32. The van der Waals surface area contributed by atoms with E-state index in [0.29, 0.717) is 5.91 Å². The van der Waals surface area contributed by atoms with Crippen LogP contribution in [-0.4, -0.2) is 23.9 Å². The van der Waals surface area contributed by atoms with Crippen LogP contribution < -0.4 is 0 Å². The van der Waals surface area contributed by atoms with E-state index in [1.165, 1.54) is 89.9 Å². The standard InChI is InChI=1S/C20H39NO/c1-2-3-4-5-12-15-18-21-19-16-13-10-8-6-7-9-11-14-17-20(21)22/h2-19H2,1H3. The fourth-order valence-corrected chi connectivity index (χ4v) is 3.42. The Bertz CT molecular complexity index is 264. The third kappa shape index (κ3) is 10.2. The zero-order valence-electron chi connectivity index (χ0n) is 15.1. The first-order valence-electron chi connectivity index (χ1n) is 10.1. The van der Waals surface area contributed by atoms with Gasteiger partial charge in [0, 0.05) is 19.5 Å². The molecule has 1 aliphatic rings. The van der Waals surface area contributed by atoms with Crippen molar-refractivity contribution in [3.63, 3.8) is 0 Å². The first-order valence-corrected chi connectivity index (χ1v) is 10.1. The summed E-state index contributed by atoms with van der Waals surface area (Å²) in [6.07, 6.45) is 20.4. The SMILES string of the molecule is CCCCCCCCN1CCCCCCCCCCCC1=O. The van der Waals surface area contributed by atoms with E-state index >= 15 is 0 Å². The summed E-state index contributed by atoms with van der Waals surface area (Å²) in [5, 5.41) is 0. The van der Waals surface area contributed by atoms with Gasteiger partial charge in [-0.1, -0.05) is 84.0 Å². The topological polar surface area (TPSA) is 20.3 Å². The number of carbonyl (C=O) groups excluding carboxylic acids is 1. The normalized spacial score (nSPS) is 19.3. The summed E-state index contributed by atoms with van der Waals surface area (Å²) in [7, 11) is 0. The first-order chi connectivity index (χ1) is 10.8. The molecule has 1 rings (SSSR count). The highest BCUT2D eigenvalue weighted by Crippen LogP contribution is 2.14. The Morgan fingerprint density at radius 2 is 1.27 bits per heavy atom. The number of hydrogen-bond acceptors (Lipinski definition) is 1. The van der Waals surface area contributed by atoms with Crippen molar-refractivity contribution < 1.29 is 4.79 Å². The minimum atomic E-state index is 0.424. The average molecular weight is 310 g/mol. The van der Waals surface area contributed by atoms with E-state index in [4.69, 9.17) is 0 Å². The number of nitrogens with zero attached hydrogens (tertiary/aromatic N) is 1. The zero-order chi connectivity index (χ0) is 15.9. The fraction of sp³-hybridized carbons (Fsp3) is 0.950. The van der Waals surface area contributed by atoms with E-state index in [0.717, 1.165) is 25.9 Å². The molecule has 2 heteroatoms. The summed E-state index contributed by atoms with van der Waals surface area (Å²) in [5.41, 5.74) is 0. The van der Waals surface area contributed by atoms with Crippen LogP contribution in [0.15, 0.2) is 0 Å². The van der Waals surface area contributed by atoms with Crippen LogP contribution in [0.25, 0.3) is 0 Å². The second kappa shape index (κ2) is 14.1. The molecule has 0 aromatic rings. The predicted molar refractivity (Wildman–Crippen MR) is 96.1 cm³/mol. The van der Waals surface area contributed by atoms with Gasteiger partial charge in [-0.05, 0) is 19.3 Å². The molecule has 1 heterocycles. The third-order valence-corrected chi connectivity index (χ3v) is 4.95. The summed E-state index contributed by atoms with van der Waals surface area (Å²) >= 11 is 0. The summed E-state index contributed by atoms with van der Waals surface area (Å²) in [6.45, 7) is 4.27. The van der Waals surface area contributed by atoms with Crippen LogP contribution in [0, 0.1) is 0 Å². The lowest BCUT2D eigenvalue weighted by Gasteiger charge is -2.23. The molecule has 0 aliphatic carbocycles. The minimum absolute atomic E-state index is 0.424. The van der Waals surface area contributed by atoms with E-state index in [9.17, 15) is 4.79 Å². The second-order valence-electron chi connectivity index (χ2n) is 7.08. The number of rotatable bonds is 7. The van der Waals surface area contributed by atoms with Gasteiger partial charge in [0.05, 0.1) is 0 Å². The van der Waals surface area contributed by atoms with Gasteiger partial charge in [-0.15, -0.1) is 0 Å². The molecule has 0 saturated carbocycles. The maximum absolute atomic E-state index is 12.4. The molecule has 1 saturated heterocycles. The smallest absolute Gasteiger partial charge is 0.222 e. The van der Waals surface area contributed by atoms with Crippen molar-refractivity contribution in [1.29, 1.82) is 0 Å². The Morgan fingerprint density at radius 1 is 0.727 bits per heavy atom. The van der Waals surface area contributed by atoms with Gasteiger partial charge in [-0.3, -0.25) is 4.79 Å². The van der Waals surface area contributed by atoms with Gasteiger partial charge in [0.25, 0.3) is 0 Å². The summed E-state index contributed by atoms with van der Waals surface area (Å²) < 4.78 is 0. The van der Waals surface area contributed by atoms with Crippen molar-refractivity contribution in [3.05, 3.63) is 0 Å². The Morgan fingerprint density at radius 3 is 1.95 bits per heavy atom. The van der Waals surface area contributed by atoms with Crippen molar-refractivity contribution in [2.45, 2.75) is 110 Å². The van der Waals surface area contributed by atoms with Crippen LogP contribution in [-0.2, 0) is 4.79 Å². The minimum Gasteiger partial charge on any atom is -0.343 e. The molecule has 22 heavy (non-hydrogen) atoms. The molecule has 1 amide bonds. The molecule has 0 N–H and O–H groups in total. The van der Waals surface area contributed by atoms with Crippen LogP contribution in [0.4, 0.5) is 0 Å². The molecule has 130 valence electrons. The molecule has 1 aliphatic heterocycles. The number of hydrogen-bond donors (Lipinski definition) is 0. The van der Waals surface area contributed by atoms with Gasteiger partial charge in [-0.25, -0.2) is 0 Å². The highest BCUT2D eigenvalue weighted by molar-refractivity contribution is 5.76. The van der Waals surface area contributed by atoms with Crippen LogP contribution in [0.2, 0.25) is 0 Å². The quantitative estimate of drug-likeness (QED) is 0.521. The zero-order valence-corrected chi connectivity index (χ0v) is 15.1. The third-order valence-electron chi connectivity index (χ3n) is 4.95. The van der Waals surface area contributed by atoms with Crippen molar-refractivity contribution in [3.8, 4) is 0 Å². The molecule has 0 aromatic heterocycles. The van der Waals surface area contributed by atoms with E-state index in [-0.39, 0.29) is 0 Å². The maximum Gasteiger partial charge on any atom is 0.222 e. The van der Waals surface area contributed by atoms with Crippen LogP contribution in [0.5, 0.6) is 0 Å². The Balaban J connectivity index is 2.26. The molecule has 0 unspecified atom stereocenters. The molecule has 0 radical (unpaired) electrons. The summed E-state index contributed by atoms with van der Waals surface area (Å²) in [4.78, 5) is 14.6. The second-order valence-corrected chi connectivity index (χ2v) is 7.08. The Hall–Kier alpha value is -0.530. The molecule has 0 aromatic carbocycles. The van der Waals surface area contributed by atoms with E-state index in [2.05, 4.69) is 11.8 Å². The van der Waals surface area contributed by atoms with Crippen LogP contribution in [0.1, 0.15) is 110 Å². The van der Waals surface area contributed by atoms with Gasteiger partial charge >= 0.3 is 0 Å². The highest BCUT2D eigenvalue weighted by Gasteiger charge is 2.12. The van der Waals surface area contributed by atoms with Gasteiger partial charge in [0.1, 0.15) is 0 Å². The molecular formula is C20H39NO. The van der Waals surface area contributed by atoms with Crippen molar-refractivity contribution >= 4 is 5.91 Å². The summed E-state index contributed by atoms with van der Waals surface area (Å²) in [5.74, 6) is 0.424. The number of carbonyl (C=O) groups is 1. The lowest BCUT2D eigenvalue weighted by molar-refractivity contribution is -0.131. The maximum atomic E-state index is 12.4. The van der Waals surface area contributed by atoms with E-state index < -0.39 is 0 Å². The van der Waals surface area contributed by atoms with Crippen molar-refractivity contribution in [2.75, 3.05) is 13.1 Å². The van der Waals surface area contributed by atoms with Crippen molar-refractivity contribution in [2.24, 2.45) is 0 Å². The molecule has 1 fully saturated rings. The monoisotopic (exact) mass is 309 g/mol. The molecule has 2 nitrogen and oxygen atoms in total. The molecule has 0 spiro atoms. The summed E-state index contributed by atoms with van der Waals surface area (Å²) in [6, 6.07) is 0. The van der Waals surface area contributed by atoms with Crippen molar-refractivity contribution in [1.82, 2.24) is 4.90 Å². The van der Waals surface area contributed by atoms with Gasteiger partial charge in [0.15, 0.2) is 0 Å². The van der Waals surface area contributed by atoms with E-state index in [1.54, 1.807) is 0 Å².